The van der Waals surface area contributed by atoms with E-state index < -0.39 is 21.6 Å². The monoisotopic (exact) mass is 553 g/mol. The topological polar surface area (TPSA) is 88.1 Å². The molecule has 1 fully saturated rings. The van der Waals surface area contributed by atoms with E-state index in [1.54, 1.807) is 18.2 Å². The number of hydrogen-bond acceptors (Lipinski definition) is 7. The molecule has 4 rings (SSSR count). The zero-order valence-electron chi connectivity index (χ0n) is 20.3. The maximum Gasteiger partial charge on any atom is 0.417 e. The standard InChI is InChI=1S/C25H27ClF3N5O2S/c1-34(2)23-12-17(16-3-6-21(26)20(11-16)25(27,28)29)4-7-22(23)33-24-8-5-19(13-31-24)37(35,36)14-18-9-10-30-15-32-18/h3,5-6,8-11,13,15,17,22-23H,4,7,12,14H2,1-2H3,(H,31,33)/t17-,22-,23-/m0/s1. The van der Waals surface area contributed by atoms with Crippen LogP contribution in [0.15, 0.2) is 60.0 Å². The van der Waals surface area contributed by atoms with Crippen molar-refractivity contribution in [3.05, 3.63) is 77.0 Å². The molecule has 1 aliphatic carbocycles. The fourth-order valence-electron chi connectivity index (χ4n) is 4.72. The Bertz CT molecular complexity index is 1320. The Morgan fingerprint density at radius 2 is 1.89 bits per heavy atom. The molecular formula is C25H27ClF3N5O2S. The first-order valence-corrected chi connectivity index (χ1v) is 13.7. The highest BCUT2D eigenvalue weighted by molar-refractivity contribution is 7.90. The fraction of sp³-hybridized carbons (Fsp3) is 0.400. The molecule has 0 saturated heterocycles. The van der Waals surface area contributed by atoms with Gasteiger partial charge in [0, 0.05) is 24.5 Å². The average Bonchev–Trinajstić information content (AvgIpc) is 2.84. The van der Waals surface area contributed by atoms with Crippen LogP contribution < -0.4 is 5.32 Å². The van der Waals surface area contributed by atoms with Gasteiger partial charge in [-0.05, 0) is 75.2 Å². The third kappa shape index (κ3) is 6.58. The summed E-state index contributed by atoms with van der Waals surface area (Å²) in [6.07, 6.45) is 1.64. The summed E-state index contributed by atoms with van der Waals surface area (Å²) >= 11 is 5.80. The Morgan fingerprint density at radius 3 is 2.51 bits per heavy atom. The van der Waals surface area contributed by atoms with Gasteiger partial charge >= 0.3 is 6.18 Å². The van der Waals surface area contributed by atoms with Crippen LogP contribution in [-0.2, 0) is 21.8 Å². The Labute approximate surface area is 219 Å². The van der Waals surface area contributed by atoms with Crippen molar-refractivity contribution >= 4 is 27.3 Å². The molecule has 37 heavy (non-hydrogen) atoms. The summed E-state index contributed by atoms with van der Waals surface area (Å²) in [5.41, 5.74) is 0.205. The molecule has 0 aliphatic heterocycles. The maximum atomic E-state index is 13.4. The lowest BCUT2D eigenvalue weighted by Gasteiger charge is -2.40. The van der Waals surface area contributed by atoms with Crippen molar-refractivity contribution in [2.24, 2.45) is 0 Å². The lowest BCUT2D eigenvalue weighted by molar-refractivity contribution is -0.137. The lowest BCUT2D eigenvalue weighted by Crippen LogP contribution is -2.47. The van der Waals surface area contributed by atoms with Gasteiger partial charge in [0.05, 0.1) is 26.9 Å². The second-order valence-electron chi connectivity index (χ2n) is 9.37. The van der Waals surface area contributed by atoms with E-state index in [9.17, 15) is 21.6 Å². The molecule has 3 atom stereocenters. The predicted molar refractivity (Wildman–Crippen MR) is 135 cm³/mol. The van der Waals surface area contributed by atoms with E-state index in [1.165, 1.54) is 30.9 Å². The predicted octanol–water partition coefficient (Wildman–Crippen LogP) is 5.20. The Morgan fingerprint density at radius 1 is 1.11 bits per heavy atom. The number of rotatable bonds is 7. The second-order valence-corrected chi connectivity index (χ2v) is 11.8. The van der Waals surface area contributed by atoms with Gasteiger partial charge in [-0.25, -0.2) is 23.4 Å². The number of hydrogen-bond donors (Lipinski definition) is 1. The molecule has 0 amide bonds. The van der Waals surface area contributed by atoms with Gasteiger partial charge in [-0.1, -0.05) is 17.7 Å². The first-order chi connectivity index (χ1) is 17.4. The van der Waals surface area contributed by atoms with E-state index >= 15 is 0 Å². The summed E-state index contributed by atoms with van der Waals surface area (Å²) in [7, 11) is 0.242. The molecule has 1 aromatic carbocycles. The van der Waals surface area contributed by atoms with Gasteiger partial charge in [0.2, 0.25) is 0 Å². The van der Waals surface area contributed by atoms with Crippen LogP contribution in [0, 0.1) is 0 Å². The number of benzene rings is 1. The summed E-state index contributed by atoms with van der Waals surface area (Å²) in [4.78, 5) is 14.2. The molecular weight excluding hydrogens is 527 g/mol. The summed E-state index contributed by atoms with van der Waals surface area (Å²) in [6.45, 7) is 0. The van der Waals surface area contributed by atoms with Gasteiger partial charge in [0.25, 0.3) is 0 Å². The molecule has 0 unspecified atom stereocenters. The summed E-state index contributed by atoms with van der Waals surface area (Å²) in [5, 5.41) is 3.09. The summed E-state index contributed by atoms with van der Waals surface area (Å²) in [5.74, 6) is 0.227. The first-order valence-electron chi connectivity index (χ1n) is 11.7. The van der Waals surface area contributed by atoms with E-state index in [0.29, 0.717) is 36.3 Å². The molecule has 1 saturated carbocycles. The zero-order valence-corrected chi connectivity index (χ0v) is 21.9. The van der Waals surface area contributed by atoms with Crippen LogP contribution in [0.3, 0.4) is 0 Å². The third-order valence-electron chi connectivity index (χ3n) is 6.66. The number of halogens is 4. The Hall–Kier alpha value is -2.76. The highest BCUT2D eigenvalue weighted by Crippen LogP contribution is 2.40. The van der Waals surface area contributed by atoms with Crippen LogP contribution in [-0.4, -0.2) is 54.4 Å². The fourth-order valence-corrected chi connectivity index (χ4v) is 6.16. The van der Waals surface area contributed by atoms with Gasteiger partial charge in [-0.15, -0.1) is 0 Å². The molecule has 0 spiro atoms. The van der Waals surface area contributed by atoms with E-state index in [2.05, 4.69) is 20.3 Å². The number of sulfone groups is 1. The van der Waals surface area contributed by atoms with Crippen LogP contribution in [0.1, 0.15) is 42.0 Å². The van der Waals surface area contributed by atoms with E-state index in [4.69, 9.17) is 11.6 Å². The highest BCUT2D eigenvalue weighted by Gasteiger charge is 2.36. The van der Waals surface area contributed by atoms with Crippen molar-refractivity contribution < 1.29 is 21.6 Å². The zero-order chi connectivity index (χ0) is 26.8. The van der Waals surface area contributed by atoms with E-state index in [0.717, 1.165) is 6.07 Å². The van der Waals surface area contributed by atoms with Gasteiger partial charge < -0.3 is 10.2 Å². The normalized spacial score (nSPS) is 20.7. The molecule has 1 aliphatic rings. The molecule has 1 N–H and O–H groups in total. The Kier molecular flexibility index (Phi) is 8.05. The minimum atomic E-state index is -4.51. The smallest absolute Gasteiger partial charge is 0.366 e. The molecule has 0 bridgehead atoms. The van der Waals surface area contributed by atoms with Crippen LogP contribution in [0.25, 0.3) is 0 Å². The number of anilines is 1. The van der Waals surface area contributed by atoms with Gasteiger partial charge in [-0.2, -0.15) is 13.2 Å². The molecule has 2 heterocycles. The van der Waals surface area contributed by atoms with Crippen molar-refractivity contribution in [3.8, 4) is 0 Å². The van der Waals surface area contributed by atoms with Crippen molar-refractivity contribution in [2.75, 3.05) is 19.4 Å². The van der Waals surface area contributed by atoms with Crippen LogP contribution in [0.5, 0.6) is 0 Å². The third-order valence-corrected chi connectivity index (χ3v) is 8.62. The number of pyridine rings is 1. The van der Waals surface area contributed by atoms with Crippen molar-refractivity contribution in [3.63, 3.8) is 0 Å². The highest BCUT2D eigenvalue weighted by atomic mass is 35.5. The molecule has 7 nitrogen and oxygen atoms in total. The van der Waals surface area contributed by atoms with Crippen LogP contribution in [0.4, 0.5) is 19.0 Å². The average molecular weight is 554 g/mol. The molecule has 2 aromatic heterocycles. The first kappa shape index (κ1) is 27.3. The number of nitrogens with one attached hydrogen (secondary N) is 1. The summed E-state index contributed by atoms with van der Waals surface area (Å²) in [6, 6.07) is 8.84. The SMILES string of the molecule is CN(C)[C@H]1C[C@@H](c2ccc(Cl)c(C(F)(F)F)c2)CC[C@@H]1Nc1ccc(S(=O)(=O)Cc2ccncn2)cn1. The maximum absolute atomic E-state index is 13.4. The van der Waals surface area contributed by atoms with Crippen LogP contribution >= 0.6 is 11.6 Å². The molecule has 12 heteroatoms. The quantitative estimate of drug-likeness (QED) is 0.430. The number of alkyl halides is 3. The van der Waals surface area contributed by atoms with Crippen LogP contribution in [0.2, 0.25) is 5.02 Å². The second kappa shape index (κ2) is 10.9. The molecule has 198 valence electrons. The van der Waals surface area contributed by atoms with E-state index in [-0.39, 0.29) is 33.7 Å². The minimum Gasteiger partial charge on any atom is -0.366 e. The Balaban J connectivity index is 1.46. The van der Waals surface area contributed by atoms with Crippen molar-refractivity contribution in [1.82, 2.24) is 19.9 Å². The number of likely N-dealkylation sites (N-methyl/N-ethyl adjacent to an activating group) is 1. The van der Waals surface area contributed by atoms with Crippen molar-refractivity contribution in [2.45, 2.75) is 54.1 Å². The number of nitrogens with zero attached hydrogens (tertiary/aromatic N) is 4. The minimum absolute atomic E-state index is 0.0170. The van der Waals surface area contributed by atoms with Gasteiger partial charge in [-0.3, -0.25) is 0 Å². The lowest BCUT2D eigenvalue weighted by atomic mass is 9.78. The van der Waals surface area contributed by atoms with Gasteiger partial charge in [0.15, 0.2) is 9.84 Å². The molecule has 0 radical (unpaired) electrons. The van der Waals surface area contributed by atoms with E-state index in [1.807, 2.05) is 19.0 Å². The largest absolute Gasteiger partial charge is 0.417 e. The molecule has 3 aromatic rings. The van der Waals surface area contributed by atoms with Gasteiger partial charge in [0.1, 0.15) is 12.1 Å². The summed E-state index contributed by atoms with van der Waals surface area (Å²) < 4.78 is 65.5. The van der Waals surface area contributed by atoms with Crippen molar-refractivity contribution in [1.29, 1.82) is 0 Å². The number of aromatic nitrogens is 3.